The molecule has 0 N–H and O–H groups in total. The van der Waals surface area contributed by atoms with Gasteiger partial charge in [0, 0.05) is 30.2 Å². The van der Waals surface area contributed by atoms with Crippen molar-refractivity contribution < 1.29 is 14.5 Å². The van der Waals surface area contributed by atoms with Gasteiger partial charge in [-0.2, -0.15) is 0 Å². The number of fused-ring (bicyclic) bond motifs is 1. The average molecular weight is 274 g/mol. The molecule has 1 saturated carbocycles. The van der Waals surface area contributed by atoms with E-state index < -0.39 is 4.92 Å². The molecule has 0 saturated heterocycles. The fourth-order valence-electron chi connectivity index (χ4n) is 2.52. The van der Waals surface area contributed by atoms with Crippen LogP contribution in [0.5, 0.6) is 0 Å². The second-order valence-corrected chi connectivity index (χ2v) is 5.29. The maximum absolute atomic E-state index is 12.0. The number of aryl methyl sites for hydroxylation is 1. The molecule has 1 aliphatic carbocycles. The highest BCUT2D eigenvalue weighted by molar-refractivity contribution is 6.02. The van der Waals surface area contributed by atoms with Gasteiger partial charge in [0.25, 0.3) is 5.69 Å². The molecule has 2 aliphatic rings. The predicted molar refractivity (Wildman–Crippen MR) is 71.5 cm³/mol. The van der Waals surface area contributed by atoms with Crippen LogP contribution in [0.1, 0.15) is 24.8 Å². The zero-order valence-electron chi connectivity index (χ0n) is 10.9. The summed E-state index contributed by atoms with van der Waals surface area (Å²) in [6.07, 6.45) is 2.61. The molecule has 0 aromatic heterocycles. The Morgan fingerprint density at radius 1 is 1.35 bits per heavy atom. The van der Waals surface area contributed by atoms with Gasteiger partial charge in [-0.05, 0) is 30.9 Å². The van der Waals surface area contributed by atoms with Crippen LogP contribution in [0.15, 0.2) is 18.2 Å². The van der Waals surface area contributed by atoms with E-state index in [1.807, 2.05) is 0 Å². The summed E-state index contributed by atoms with van der Waals surface area (Å²) < 4.78 is 0. The van der Waals surface area contributed by atoms with Crippen molar-refractivity contribution in [3.8, 4) is 0 Å². The van der Waals surface area contributed by atoms with Crippen LogP contribution in [0.3, 0.4) is 0 Å². The molecule has 0 atom stereocenters. The number of anilines is 1. The maximum atomic E-state index is 12.0. The fraction of sp³-hybridized carbons (Fsp3) is 0.429. The Kier molecular flexibility index (Phi) is 3.00. The summed E-state index contributed by atoms with van der Waals surface area (Å²) in [5.41, 5.74) is 1.43. The normalized spacial score (nSPS) is 17.8. The number of rotatable bonds is 4. The fourth-order valence-corrected chi connectivity index (χ4v) is 2.52. The van der Waals surface area contributed by atoms with Gasteiger partial charge in [-0.15, -0.1) is 0 Å². The minimum absolute atomic E-state index is 0.0200. The Bertz CT molecular complexity index is 607. The third-order valence-electron chi connectivity index (χ3n) is 3.82. The van der Waals surface area contributed by atoms with Crippen molar-refractivity contribution in [3.05, 3.63) is 33.9 Å². The van der Waals surface area contributed by atoms with E-state index in [4.69, 9.17) is 0 Å². The molecule has 6 nitrogen and oxygen atoms in total. The second-order valence-electron chi connectivity index (χ2n) is 5.29. The lowest BCUT2D eigenvalue weighted by atomic mass is 10.00. The van der Waals surface area contributed by atoms with Crippen molar-refractivity contribution in [2.45, 2.75) is 25.7 Å². The number of benzene rings is 1. The van der Waals surface area contributed by atoms with Crippen LogP contribution < -0.4 is 4.90 Å². The van der Waals surface area contributed by atoms with E-state index in [0.717, 1.165) is 18.4 Å². The highest BCUT2D eigenvalue weighted by Gasteiger charge is 2.34. The first-order valence-corrected chi connectivity index (χ1v) is 6.66. The summed E-state index contributed by atoms with van der Waals surface area (Å²) in [6.45, 7) is 0.0916. The maximum Gasteiger partial charge on any atom is 0.269 e. The monoisotopic (exact) mass is 274 g/mol. The average Bonchev–Trinajstić information content (AvgIpc) is 3.25. The van der Waals surface area contributed by atoms with Gasteiger partial charge < -0.3 is 4.90 Å². The van der Waals surface area contributed by atoms with E-state index in [0.29, 0.717) is 18.5 Å². The molecule has 3 rings (SSSR count). The molecule has 0 spiro atoms. The Hall–Kier alpha value is -2.24. The van der Waals surface area contributed by atoms with Crippen molar-refractivity contribution in [1.29, 1.82) is 0 Å². The number of nitrogens with zero attached hydrogens (tertiary/aromatic N) is 2. The highest BCUT2D eigenvalue weighted by atomic mass is 16.6. The molecular formula is C14H14N2O4. The van der Waals surface area contributed by atoms with Crippen molar-refractivity contribution in [1.82, 2.24) is 0 Å². The summed E-state index contributed by atoms with van der Waals surface area (Å²) in [4.78, 5) is 35.7. The number of hydrogen-bond acceptors (Lipinski definition) is 4. The lowest BCUT2D eigenvalue weighted by Crippen LogP contribution is -2.39. The molecule has 6 heteroatoms. The Labute approximate surface area is 115 Å². The van der Waals surface area contributed by atoms with Gasteiger partial charge in [0.15, 0.2) is 5.78 Å². The number of nitro benzene ring substituents is 1. The molecule has 0 unspecified atom stereocenters. The Morgan fingerprint density at radius 3 is 2.75 bits per heavy atom. The van der Waals surface area contributed by atoms with E-state index >= 15 is 0 Å². The minimum Gasteiger partial charge on any atom is -0.305 e. The zero-order valence-corrected chi connectivity index (χ0v) is 10.9. The number of hydrogen-bond donors (Lipinski definition) is 0. The molecule has 1 aliphatic heterocycles. The van der Waals surface area contributed by atoms with Crippen LogP contribution in [-0.2, 0) is 16.0 Å². The number of carbonyl (C=O) groups is 2. The molecule has 20 heavy (non-hydrogen) atoms. The van der Waals surface area contributed by atoms with E-state index in [1.165, 1.54) is 17.0 Å². The molecule has 1 aromatic rings. The van der Waals surface area contributed by atoms with Gasteiger partial charge in [-0.1, -0.05) is 0 Å². The first-order valence-electron chi connectivity index (χ1n) is 6.66. The SMILES string of the molecule is O=C(CN1C(=O)CCc2cc([N+](=O)[O-])ccc21)C1CC1. The van der Waals surface area contributed by atoms with Crippen LogP contribution in [0.25, 0.3) is 0 Å². The van der Waals surface area contributed by atoms with Crippen LogP contribution in [-0.4, -0.2) is 23.2 Å². The van der Waals surface area contributed by atoms with E-state index in [9.17, 15) is 19.7 Å². The third-order valence-corrected chi connectivity index (χ3v) is 3.82. The van der Waals surface area contributed by atoms with Crippen molar-refractivity contribution in [3.63, 3.8) is 0 Å². The van der Waals surface area contributed by atoms with E-state index in [1.54, 1.807) is 6.07 Å². The first-order chi connectivity index (χ1) is 9.56. The zero-order chi connectivity index (χ0) is 14.3. The molecule has 1 aromatic carbocycles. The van der Waals surface area contributed by atoms with Gasteiger partial charge in [-0.25, -0.2) is 0 Å². The summed E-state index contributed by atoms with van der Waals surface area (Å²) in [6, 6.07) is 4.45. The van der Waals surface area contributed by atoms with Crippen LogP contribution in [0.4, 0.5) is 11.4 Å². The van der Waals surface area contributed by atoms with E-state index in [2.05, 4.69) is 0 Å². The molecule has 0 radical (unpaired) electrons. The smallest absolute Gasteiger partial charge is 0.269 e. The Balaban J connectivity index is 1.90. The van der Waals surface area contributed by atoms with Gasteiger partial charge in [0.05, 0.1) is 11.5 Å². The van der Waals surface area contributed by atoms with Gasteiger partial charge in [0.1, 0.15) is 0 Å². The standard InChI is InChI=1S/C14H14N2O4/c17-13(9-1-2-9)8-15-12-5-4-11(16(19)20)7-10(12)3-6-14(15)18/h4-5,7,9H,1-3,6,8H2. The van der Waals surface area contributed by atoms with Crippen LogP contribution in [0, 0.1) is 16.0 Å². The van der Waals surface area contributed by atoms with Crippen molar-refractivity contribution in [2.24, 2.45) is 5.92 Å². The number of carbonyl (C=O) groups excluding carboxylic acids is 2. The number of nitro groups is 1. The third kappa shape index (κ3) is 2.29. The molecule has 1 heterocycles. The number of amides is 1. The molecule has 104 valence electrons. The lowest BCUT2D eigenvalue weighted by molar-refractivity contribution is -0.384. The first kappa shape index (κ1) is 12.8. The summed E-state index contributed by atoms with van der Waals surface area (Å²) in [5.74, 6) is 0.108. The number of Topliss-reactive ketones (excluding diaryl/α,β-unsaturated/α-hetero) is 1. The quantitative estimate of drug-likeness (QED) is 0.620. The van der Waals surface area contributed by atoms with Crippen molar-refractivity contribution in [2.75, 3.05) is 11.4 Å². The molecule has 1 amide bonds. The topological polar surface area (TPSA) is 80.5 Å². The van der Waals surface area contributed by atoms with Crippen LogP contribution >= 0.6 is 0 Å². The lowest BCUT2D eigenvalue weighted by Gasteiger charge is -2.28. The minimum atomic E-state index is -0.448. The molecule has 0 bridgehead atoms. The molecular weight excluding hydrogens is 260 g/mol. The van der Waals surface area contributed by atoms with Crippen LogP contribution in [0.2, 0.25) is 0 Å². The summed E-state index contributed by atoms with van der Waals surface area (Å²) >= 11 is 0. The molecule has 1 fully saturated rings. The van der Waals surface area contributed by atoms with E-state index in [-0.39, 0.29) is 29.8 Å². The van der Waals surface area contributed by atoms with Crippen molar-refractivity contribution >= 4 is 23.1 Å². The summed E-state index contributed by atoms with van der Waals surface area (Å²) in [7, 11) is 0. The van der Waals surface area contributed by atoms with Gasteiger partial charge in [0.2, 0.25) is 5.91 Å². The van der Waals surface area contributed by atoms with Gasteiger partial charge >= 0.3 is 0 Å². The highest BCUT2D eigenvalue weighted by Crippen LogP contribution is 2.34. The summed E-state index contributed by atoms with van der Waals surface area (Å²) in [5, 5.41) is 10.8. The second kappa shape index (κ2) is 4.70. The van der Waals surface area contributed by atoms with Gasteiger partial charge in [-0.3, -0.25) is 19.7 Å². The largest absolute Gasteiger partial charge is 0.305 e. The predicted octanol–water partition coefficient (Wildman–Crippen LogP) is 1.85. The number of non-ortho nitro benzene ring substituents is 1. The number of ketones is 1. The Morgan fingerprint density at radius 2 is 2.10 bits per heavy atom.